The topological polar surface area (TPSA) is 93.1 Å². The second-order valence-electron chi connectivity index (χ2n) is 8.34. The summed E-state index contributed by atoms with van der Waals surface area (Å²) < 4.78 is 12.1. The first kappa shape index (κ1) is 20.2. The molecule has 0 spiro atoms. The van der Waals surface area contributed by atoms with Crippen molar-refractivity contribution in [1.29, 1.82) is 0 Å². The van der Waals surface area contributed by atoms with Crippen molar-refractivity contribution in [3.8, 4) is 17.2 Å². The molecule has 2 heterocycles. The fraction of sp³-hybridized carbons (Fsp3) is 0.545. The molecule has 0 aliphatic carbocycles. The van der Waals surface area contributed by atoms with Gasteiger partial charge in [-0.05, 0) is 44.8 Å². The predicted octanol–water partition coefficient (Wildman–Crippen LogP) is 4.44. The summed E-state index contributed by atoms with van der Waals surface area (Å²) in [5.41, 5.74) is 0.884. The van der Waals surface area contributed by atoms with Crippen molar-refractivity contribution in [3.63, 3.8) is 0 Å². The third-order valence-corrected chi connectivity index (χ3v) is 5.56. The maximum atomic E-state index is 12.8. The quantitative estimate of drug-likeness (QED) is 0.775. The van der Waals surface area contributed by atoms with Crippen LogP contribution in [0.2, 0.25) is 0 Å². The van der Waals surface area contributed by atoms with Crippen LogP contribution in [-0.4, -0.2) is 33.7 Å². The van der Waals surface area contributed by atoms with Gasteiger partial charge in [0.25, 0.3) is 0 Å². The summed E-state index contributed by atoms with van der Waals surface area (Å²) in [5, 5.41) is 20.0. The van der Waals surface area contributed by atoms with Crippen LogP contribution in [0.5, 0.6) is 17.2 Å². The van der Waals surface area contributed by atoms with Gasteiger partial charge in [-0.2, -0.15) is 0 Å². The van der Waals surface area contributed by atoms with E-state index in [0.29, 0.717) is 23.5 Å². The molecule has 0 fully saturated rings. The van der Waals surface area contributed by atoms with Crippen LogP contribution in [0.1, 0.15) is 69.8 Å². The number of carbonyl (C=O) groups excluding carboxylic acids is 1. The number of carbonyl (C=O) groups is 2. The van der Waals surface area contributed by atoms with Crippen molar-refractivity contribution in [1.82, 2.24) is 0 Å². The van der Waals surface area contributed by atoms with Crippen molar-refractivity contribution >= 4 is 17.3 Å². The molecule has 1 aromatic carbocycles. The van der Waals surface area contributed by atoms with Gasteiger partial charge < -0.3 is 19.7 Å². The lowest BCUT2D eigenvalue weighted by Crippen LogP contribution is -2.36. The molecule has 3 rings (SSSR count). The lowest BCUT2D eigenvalue weighted by molar-refractivity contribution is -0.137. The number of fused-ring (bicyclic) bond motifs is 3. The summed E-state index contributed by atoms with van der Waals surface area (Å²) in [5.74, 6) is -1.12. The summed E-state index contributed by atoms with van der Waals surface area (Å²) in [4.78, 5) is 24.4. The lowest BCUT2D eigenvalue weighted by atomic mass is 9.79. The van der Waals surface area contributed by atoms with E-state index in [2.05, 4.69) is 0 Å². The SMILES string of the molecule is CCC[C@@H](CC(=O)O)C1=CC(C)(C)Oc2cc(O)c3c(c21)O[C@@H](C)[C@@H](C)C3=O. The van der Waals surface area contributed by atoms with E-state index in [-0.39, 0.29) is 41.5 Å². The molecule has 0 bridgehead atoms. The Morgan fingerprint density at radius 2 is 1.96 bits per heavy atom. The van der Waals surface area contributed by atoms with Crippen molar-refractivity contribution in [2.45, 2.75) is 65.6 Å². The summed E-state index contributed by atoms with van der Waals surface area (Å²) in [6.45, 7) is 9.37. The molecule has 1 aromatic rings. The van der Waals surface area contributed by atoms with Gasteiger partial charge in [0.2, 0.25) is 0 Å². The van der Waals surface area contributed by atoms with Crippen molar-refractivity contribution in [2.24, 2.45) is 11.8 Å². The minimum Gasteiger partial charge on any atom is -0.507 e. The molecule has 0 aromatic heterocycles. The molecule has 3 atom stereocenters. The molecule has 6 heteroatoms. The zero-order valence-electron chi connectivity index (χ0n) is 17.0. The molecule has 0 amide bonds. The molecular weight excluding hydrogens is 360 g/mol. The Labute approximate surface area is 165 Å². The number of phenols is 1. The van der Waals surface area contributed by atoms with E-state index in [1.807, 2.05) is 33.8 Å². The summed E-state index contributed by atoms with van der Waals surface area (Å²) in [6, 6.07) is 1.46. The minimum atomic E-state index is -0.878. The van der Waals surface area contributed by atoms with Gasteiger partial charge in [0.15, 0.2) is 5.78 Å². The van der Waals surface area contributed by atoms with Crippen LogP contribution in [0, 0.1) is 11.8 Å². The van der Waals surface area contributed by atoms with Crippen LogP contribution < -0.4 is 9.47 Å². The van der Waals surface area contributed by atoms with Gasteiger partial charge in [-0.1, -0.05) is 20.3 Å². The Bertz CT molecular complexity index is 851. The fourth-order valence-electron chi connectivity index (χ4n) is 4.07. The highest BCUT2D eigenvalue weighted by atomic mass is 16.5. The van der Waals surface area contributed by atoms with Gasteiger partial charge in [-0.3, -0.25) is 9.59 Å². The highest BCUT2D eigenvalue weighted by Crippen LogP contribution is 2.52. The van der Waals surface area contributed by atoms with E-state index in [0.717, 1.165) is 12.0 Å². The average molecular weight is 388 g/mol. The number of carboxylic acids is 1. The number of ketones is 1. The Kier molecular flexibility index (Phi) is 5.17. The molecule has 2 aliphatic rings. The number of hydrogen-bond donors (Lipinski definition) is 2. The summed E-state index contributed by atoms with van der Waals surface area (Å²) in [7, 11) is 0. The lowest BCUT2D eigenvalue weighted by Gasteiger charge is -2.38. The molecule has 2 aliphatic heterocycles. The highest BCUT2D eigenvalue weighted by molar-refractivity contribution is 6.06. The van der Waals surface area contributed by atoms with Crippen molar-refractivity contribution in [3.05, 3.63) is 23.3 Å². The second-order valence-corrected chi connectivity index (χ2v) is 8.34. The van der Waals surface area contributed by atoms with Gasteiger partial charge in [0, 0.05) is 6.07 Å². The molecule has 28 heavy (non-hydrogen) atoms. The number of benzene rings is 1. The smallest absolute Gasteiger partial charge is 0.303 e. The number of Topliss-reactive ketones (excluding diaryl/α,β-unsaturated/α-hetero) is 1. The summed E-state index contributed by atoms with van der Waals surface area (Å²) in [6.07, 6.45) is 3.05. The van der Waals surface area contributed by atoms with Crippen molar-refractivity contribution < 1.29 is 29.3 Å². The van der Waals surface area contributed by atoms with Crippen LogP contribution in [0.15, 0.2) is 12.1 Å². The minimum absolute atomic E-state index is 0.0231. The molecule has 0 unspecified atom stereocenters. The Balaban J connectivity index is 2.26. The van der Waals surface area contributed by atoms with Gasteiger partial charge in [0.05, 0.1) is 17.9 Å². The van der Waals surface area contributed by atoms with Crippen molar-refractivity contribution in [2.75, 3.05) is 0 Å². The number of carboxylic acid groups (broad SMARTS) is 1. The molecule has 6 nitrogen and oxygen atoms in total. The first-order chi connectivity index (χ1) is 13.1. The maximum absolute atomic E-state index is 12.8. The number of allylic oxidation sites excluding steroid dienone is 1. The number of phenolic OH excluding ortho intramolecular Hbond substituents is 1. The first-order valence-electron chi connectivity index (χ1n) is 9.80. The number of rotatable bonds is 5. The number of ether oxygens (including phenoxy) is 2. The van der Waals surface area contributed by atoms with Crippen LogP contribution in [0.25, 0.3) is 5.57 Å². The molecule has 152 valence electrons. The zero-order valence-corrected chi connectivity index (χ0v) is 17.0. The van der Waals surface area contributed by atoms with Crippen LogP contribution in [0.4, 0.5) is 0 Å². The van der Waals surface area contributed by atoms with E-state index >= 15 is 0 Å². The highest BCUT2D eigenvalue weighted by Gasteiger charge is 2.41. The standard InChI is InChI=1S/C22H28O6/c1-6-7-13(8-17(24)25)14-10-22(4,5)28-16-9-15(23)19-20(26)11(2)12(3)27-21(19)18(14)16/h9-13,23H,6-8H2,1-5H3,(H,24,25)/t11-,12+,13+/m1/s1. The Morgan fingerprint density at radius 1 is 1.29 bits per heavy atom. The molecule has 0 saturated carbocycles. The zero-order chi connectivity index (χ0) is 20.8. The van der Waals surface area contributed by atoms with Crippen LogP contribution in [0.3, 0.4) is 0 Å². The average Bonchev–Trinajstić information content (AvgIpc) is 2.57. The van der Waals surface area contributed by atoms with Crippen LogP contribution >= 0.6 is 0 Å². The van der Waals surface area contributed by atoms with E-state index < -0.39 is 11.6 Å². The number of aromatic hydroxyl groups is 1. The van der Waals surface area contributed by atoms with E-state index in [1.165, 1.54) is 6.07 Å². The van der Waals surface area contributed by atoms with Gasteiger partial charge >= 0.3 is 5.97 Å². The fourth-order valence-corrected chi connectivity index (χ4v) is 4.07. The largest absolute Gasteiger partial charge is 0.507 e. The molecular formula is C22H28O6. The molecule has 0 radical (unpaired) electrons. The Morgan fingerprint density at radius 3 is 2.57 bits per heavy atom. The normalized spacial score (nSPS) is 23.6. The number of aliphatic carboxylic acids is 1. The van der Waals surface area contributed by atoms with E-state index in [1.54, 1.807) is 6.92 Å². The number of hydrogen-bond acceptors (Lipinski definition) is 5. The van der Waals surface area contributed by atoms with Crippen LogP contribution in [-0.2, 0) is 4.79 Å². The summed E-state index contributed by atoms with van der Waals surface area (Å²) >= 11 is 0. The first-order valence-corrected chi connectivity index (χ1v) is 9.80. The Hall–Kier alpha value is -2.50. The third kappa shape index (κ3) is 3.48. The van der Waals surface area contributed by atoms with Gasteiger partial charge in [-0.15, -0.1) is 0 Å². The van der Waals surface area contributed by atoms with E-state index in [9.17, 15) is 19.8 Å². The van der Waals surface area contributed by atoms with Gasteiger partial charge in [-0.25, -0.2) is 0 Å². The molecule has 2 N–H and O–H groups in total. The maximum Gasteiger partial charge on any atom is 0.303 e. The monoisotopic (exact) mass is 388 g/mol. The van der Waals surface area contributed by atoms with E-state index in [4.69, 9.17) is 9.47 Å². The van der Waals surface area contributed by atoms with Gasteiger partial charge in [0.1, 0.15) is 34.5 Å². The predicted molar refractivity (Wildman–Crippen MR) is 105 cm³/mol. The molecule has 0 saturated heterocycles. The third-order valence-electron chi connectivity index (χ3n) is 5.56. The second kappa shape index (κ2) is 7.15.